The van der Waals surface area contributed by atoms with Crippen LogP contribution in [0.3, 0.4) is 0 Å². The Morgan fingerprint density at radius 2 is 0.861 bits per heavy atom. The molecule has 1 N–H and O–H groups in total. The van der Waals surface area contributed by atoms with Crippen LogP contribution in [0, 0.1) is 46.3 Å². The van der Waals surface area contributed by atoms with Crippen LogP contribution in [-0.2, 0) is 0 Å². The first-order chi connectivity index (χ1) is 49.6. The Labute approximate surface area is 607 Å². The van der Waals surface area contributed by atoms with Gasteiger partial charge in [-0.15, -0.1) is 0 Å². The minimum atomic E-state index is -0.137. The van der Waals surface area contributed by atoms with Gasteiger partial charge in [-0.3, -0.25) is 9.69 Å². The number of nitrogens with zero attached hydrogens (tertiary/aromatic N) is 5. The van der Waals surface area contributed by atoms with Crippen LogP contribution in [0.5, 0.6) is 5.75 Å². The van der Waals surface area contributed by atoms with Crippen LogP contribution < -0.4 is 10.0 Å². The van der Waals surface area contributed by atoms with Crippen LogP contribution in [0.1, 0.15) is 94.7 Å². The van der Waals surface area contributed by atoms with Crippen molar-refractivity contribution in [2.45, 2.75) is 102 Å². The first kappa shape index (κ1) is 68.7. The Morgan fingerprint density at radius 3 is 1.33 bits per heavy atom. The lowest BCUT2D eigenvalue weighted by Gasteiger charge is -2.39. The standard InChI is InChI=1S/C32H19N3.C28H39OP.C24H17N.C8H3IN2/c33-20-22-17-18-24(19-23(22)21-34)35-31-15-7-5-13-29(31)27-11-3-1-9-25(27)26-10-2-4-12-28(26)30-14-6-8-16-32(30)35;1-21(2)29-26-19-12-13-22(3)28(26)25-18-10-11-20-27(25)30(23-14-6-4-7-15-23)24-16-8-5-9-17-24;1-3-11-19-17(9-1)18-10-2-4-12-20(18)22-14-6-8-16-24(22)25-23-15-7-5-13-21(19)23;1-10-7-4-3-6(9)5-8(7)11-2/h1-19H;10-13,18-21,23-24H,4-9,14-17H2,1-3H3;1-16,25H;3-5H. The number of nitriles is 2. The molecule has 0 aliphatic heterocycles. The van der Waals surface area contributed by atoms with E-state index in [1.807, 2.05) is 30.3 Å². The zero-order valence-electron chi connectivity index (χ0n) is 57.3. The summed E-state index contributed by atoms with van der Waals surface area (Å²) < 4.78 is 9.50. The molecule has 0 atom stereocenters. The summed E-state index contributed by atoms with van der Waals surface area (Å²) in [4.78, 5) is 10.1. The molecule has 2 aromatic heterocycles. The Morgan fingerprint density at radius 1 is 0.446 bits per heavy atom. The summed E-state index contributed by atoms with van der Waals surface area (Å²) in [5.41, 5.74) is 12.7. The molecular weight excluding hydrogens is 1360 g/mol. The summed E-state index contributed by atoms with van der Waals surface area (Å²) in [5, 5.41) is 35.2. The number of ether oxygens (including phenoxy) is 1. The number of para-hydroxylation sites is 4. The van der Waals surface area contributed by atoms with Gasteiger partial charge < -0.3 is 14.3 Å². The molecule has 0 saturated heterocycles. The number of hydrogen-bond acceptors (Lipinski definition) is 3. The lowest BCUT2D eigenvalue weighted by molar-refractivity contribution is 0.243. The highest BCUT2D eigenvalue weighted by molar-refractivity contribution is 14.1. The molecule has 0 radical (unpaired) electrons. The zero-order valence-corrected chi connectivity index (χ0v) is 60.3. The predicted molar refractivity (Wildman–Crippen MR) is 436 cm³/mol. The number of nitrogens with one attached hydrogen (secondary N) is 1. The fourth-order valence-corrected chi connectivity index (χ4v) is 19.4. The second-order valence-corrected chi connectivity index (χ2v) is 30.2. The highest BCUT2D eigenvalue weighted by atomic mass is 127. The highest BCUT2D eigenvalue weighted by Crippen LogP contribution is 2.57. The van der Waals surface area contributed by atoms with E-state index in [0.717, 1.165) is 69.9 Å². The molecule has 2 heterocycles. The highest BCUT2D eigenvalue weighted by Gasteiger charge is 2.34. The van der Waals surface area contributed by atoms with Crippen molar-refractivity contribution >= 4 is 134 Å². The van der Waals surface area contributed by atoms with E-state index in [2.05, 4.69) is 299 Å². The first-order valence-corrected chi connectivity index (χ1v) is 37.6. The van der Waals surface area contributed by atoms with Crippen LogP contribution in [0.25, 0.3) is 113 Å². The van der Waals surface area contributed by atoms with Crippen LogP contribution in [0.2, 0.25) is 0 Å². The summed E-state index contributed by atoms with van der Waals surface area (Å²) in [6.07, 6.45) is 14.6. The monoisotopic (exact) mass is 1440 g/mol. The minimum Gasteiger partial charge on any atom is -0.490 e. The van der Waals surface area contributed by atoms with Gasteiger partial charge in [-0.2, -0.15) is 10.5 Å². The van der Waals surface area contributed by atoms with Crippen molar-refractivity contribution in [1.82, 2.24) is 9.55 Å². The number of rotatable bonds is 7. The number of H-pyrrole nitrogens is 1. The molecule has 2 saturated carbocycles. The lowest BCUT2D eigenvalue weighted by atomic mass is 9.99. The van der Waals surface area contributed by atoms with E-state index >= 15 is 0 Å². The number of hydrogen-bond donors (Lipinski definition) is 1. The molecule has 7 nitrogen and oxygen atoms in total. The van der Waals surface area contributed by atoms with Crippen molar-refractivity contribution in [3.05, 3.63) is 316 Å². The van der Waals surface area contributed by atoms with Crippen LogP contribution in [0.15, 0.2) is 273 Å². The van der Waals surface area contributed by atoms with Gasteiger partial charge in [0.1, 0.15) is 17.9 Å². The molecule has 0 amide bonds. The first-order valence-electron chi connectivity index (χ1n) is 35.1. The molecule has 9 heteroatoms. The van der Waals surface area contributed by atoms with Crippen LogP contribution in [-0.4, -0.2) is 27.0 Å². The molecule has 12 aromatic carbocycles. The number of halogens is 1. The summed E-state index contributed by atoms with van der Waals surface area (Å²) in [5.74, 6) is 1.06. The van der Waals surface area contributed by atoms with Gasteiger partial charge >= 0.3 is 0 Å². The Bertz CT molecular complexity index is 5490. The molecule has 0 spiro atoms. The third-order valence-electron chi connectivity index (χ3n) is 19.5. The van der Waals surface area contributed by atoms with Gasteiger partial charge in [-0.05, 0) is 192 Å². The van der Waals surface area contributed by atoms with E-state index in [1.165, 1.54) is 124 Å². The number of aromatic nitrogens is 2. The van der Waals surface area contributed by atoms with E-state index in [1.54, 1.807) is 23.5 Å². The molecule has 16 rings (SSSR count). The average Bonchev–Trinajstić information content (AvgIpc) is 1.81. The normalized spacial score (nSPS) is 13.0. The molecule has 494 valence electrons. The van der Waals surface area contributed by atoms with Gasteiger partial charge in [-0.1, -0.05) is 271 Å². The second kappa shape index (κ2) is 32.4. The summed E-state index contributed by atoms with van der Waals surface area (Å²) in [6.45, 7) is 20.0. The van der Waals surface area contributed by atoms with E-state index in [4.69, 9.17) is 17.9 Å². The van der Waals surface area contributed by atoms with Gasteiger partial charge in [0.05, 0.1) is 41.4 Å². The van der Waals surface area contributed by atoms with Crippen molar-refractivity contribution < 1.29 is 4.74 Å². The smallest absolute Gasteiger partial charge is 0.195 e. The topological polar surface area (TPSA) is 86.2 Å². The summed E-state index contributed by atoms with van der Waals surface area (Å²) in [6, 6.07) is 99.1. The zero-order chi connectivity index (χ0) is 69.6. The third kappa shape index (κ3) is 15.0. The molecule has 0 bridgehead atoms. The molecule has 2 fully saturated rings. The van der Waals surface area contributed by atoms with E-state index < -0.39 is 0 Å². The van der Waals surface area contributed by atoms with Crippen molar-refractivity contribution in [3.8, 4) is 34.7 Å². The number of benzene rings is 12. The molecule has 14 aromatic rings. The van der Waals surface area contributed by atoms with Crippen molar-refractivity contribution in [2.75, 3.05) is 0 Å². The molecule has 2 aliphatic carbocycles. The maximum absolute atomic E-state index is 9.75. The van der Waals surface area contributed by atoms with Gasteiger partial charge in [-0.25, -0.2) is 0 Å². The summed E-state index contributed by atoms with van der Waals surface area (Å²) >= 11 is 2.12. The third-order valence-corrected chi connectivity index (χ3v) is 23.8. The Balaban J connectivity index is 0.000000127. The molecule has 0 unspecified atom stereocenters. The van der Waals surface area contributed by atoms with E-state index in [9.17, 15) is 10.5 Å². The van der Waals surface area contributed by atoms with Gasteiger partial charge in [0, 0.05) is 43.8 Å². The fraction of sp³-hybridized carbons (Fsp3) is 0.174. The predicted octanol–water partition coefficient (Wildman–Crippen LogP) is 26.3. The summed E-state index contributed by atoms with van der Waals surface area (Å²) in [7, 11) is -0.137. The fourth-order valence-electron chi connectivity index (χ4n) is 15.0. The average molecular weight is 1440 g/mol. The number of fused-ring (bicyclic) bond motifs is 14. The Hall–Kier alpha value is -10.8. The molecule has 101 heavy (non-hydrogen) atoms. The second-order valence-electron chi connectivity index (χ2n) is 26.2. The van der Waals surface area contributed by atoms with E-state index in [-0.39, 0.29) is 14.0 Å². The quantitative estimate of drug-likeness (QED) is 0.0980. The SMILES string of the molecule is Cc1cccc(OC(C)C)c1-c1ccccc1P(C1CCCCC1)C1CCCCC1.N#Cc1ccc(-n2c3ccccc3c3ccccc3c3ccccc3c3ccccc32)cc1C#N.[C-]#[N+]c1ccc(I)cc1[N+]#[C-].c1ccc2c(c1)[nH]c1ccccc1c1ccccc1c1ccccc21. The van der Waals surface area contributed by atoms with E-state index in [0.29, 0.717) is 22.5 Å². The lowest BCUT2D eigenvalue weighted by Crippen LogP contribution is -2.27. The van der Waals surface area contributed by atoms with Gasteiger partial charge in [0.2, 0.25) is 0 Å². The van der Waals surface area contributed by atoms with Crippen LogP contribution in [0.4, 0.5) is 11.4 Å². The van der Waals surface area contributed by atoms with Crippen molar-refractivity contribution in [3.63, 3.8) is 0 Å². The largest absolute Gasteiger partial charge is 0.490 e. The maximum atomic E-state index is 9.75. The van der Waals surface area contributed by atoms with Gasteiger partial charge in [0.15, 0.2) is 11.4 Å². The molecule has 2 aliphatic rings. The number of aryl methyl sites for hydroxylation is 1. The van der Waals surface area contributed by atoms with Crippen molar-refractivity contribution in [1.29, 1.82) is 10.5 Å². The van der Waals surface area contributed by atoms with Crippen molar-refractivity contribution in [2.24, 2.45) is 0 Å². The Kier molecular flexibility index (Phi) is 22.1. The maximum Gasteiger partial charge on any atom is 0.195 e. The van der Waals surface area contributed by atoms with Gasteiger partial charge in [0.25, 0.3) is 0 Å². The van der Waals surface area contributed by atoms with Crippen LogP contribution >= 0.6 is 30.5 Å². The number of aromatic amines is 1. The minimum absolute atomic E-state index is 0.137. The molecular formula is C92H78IN6OP.